The van der Waals surface area contributed by atoms with Crippen molar-refractivity contribution in [3.05, 3.63) is 102 Å². The molecule has 212 valence electrons. The van der Waals surface area contributed by atoms with E-state index in [-0.39, 0.29) is 24.6 Å². The Morgan fingerprint density at radius 2 is 1.56 bits per heavy atom. The summed E-state index contributed by atoms with van der Waals surface area (Å²) in [6, 6.07) is 20.7. The number of alkyl halides is 3. The van der Waals surface area contributed by atoms with Gasteiger partial charge in [0.15, 0.2) is 5.69 Å². The molecule has 1 atom stereocenters. The first kappa shape index (κ1) is 28.0. The number of benzene rings is 2. The number of Topliss-reactive ketones (excluding diaryl/α,β-unsaturated/α-hetero) is 1. The summed E-state index contributed by atoms with van der Waals surface area (Å²) in [4.78, 5) is 37.1. The monoisotopic (exact) mass is 564 g/mol. The van der Waals surface area contributed by atoms with E-state index in [1.807, 2.05) is 35.2 Å². The molecule has 0 bridgehead atoms. The van der Waals surface area contributed by atoms with Gasteiger partial charge in [-0.2, -0.15) is 13.2 Å². The van der Waals surface area contributed by atoms with E-state index in [0.717, 1.165) is 5.56 Å². The highest BCUT2D eigenvalue weighted by Gasteiger charge is 2.41. The third-order valence-electron chi connectivity index (χ3n) is 6.82. The van der Waals surface area contributed by atoms with Crippen LogP contribution in [0.25, 0.3) is 11.5 Å². The summed E-state index contributed by atoms with van der Waals surface area (Å²) in [5.41, 5.74) is 0.273. The Labute approximate surface area is 234 Å². The third-order valence-corrected chi connectivity index (χ3v) is 6.82. The first-order chi connectivity index (χ1) is 19.7. The first-order valence-corrected chi connectivity index (χ1v) is 13.1. The zero-order chi connectivity index (χ0) is 29.0. The minimum atomic E-state index is -4.86. The van der Waals surface area contributed by atoms with Crippen molar-refractivity contribution in [2.24, 2.45) is 0 Å². The lowest BCUT2D eigenvalue weighted by molar-refractivity contribution is -0.141. The lowest BCUT2D eigenvalue weighted by atomic mass is 10.1. The molecular weight excluding hydrogens is 537 g/mol. The highest BCUT2D eigenvalue weighted by atomic mass is 19.4. The quantitative estimate of drug-likeness (QED) is 0.316. The molecule has 8 nitrogen and oxygen atoms in total. The number of piperazine rings is 1. The number of carbonyl (C=O) groups is 2. The van der Waals surface area contributed by atoms with Crippen molar-refractivity contribution >= 4 is 17.5 Å². The minimum Gasteiger partial charge on any atom is -0.432 e. The molecule has 0 aliphatic carbocycles. The first-order valence-electron chi connectivity index (χ1n) is 13.1. The van der Waals surface area contributed by atoms with Gasteiger partial charge in [0.2, 0.25) is 17.4 Å². The number of aliphatic hydroxyl groups excluding tert-OH is 1. The number of halogens is 3. The number of pyridine rings is 1. The van der Waals surface area contributed by atoms with E-state index in [1.54, 1.807) is 47.4 Å². The predicted octanol–water partition coefficient (Wildman–Crippen LogP) is 4.43. The Morgan fingerprint density at radius 3 is 2.17 bits per heavy atom. The van der Waals surface area contributed by atoms with Crippen LogP contribution in [0.3, 0.4) is 0 Å². The fraction of sp³-hybridized carbons (Fsp3) is 0.267. The van der Waals surface area contributed by atoms with Crippen molar-refractivity contribution < 1.29 is 32.3 Å². The van der Waals surface area contributed by atoms with E-state index in [9.17, 15) is 27.9 Å². The number of oxazole rings is 1. The van der Waals surface area contributed by atoms with E-state index in [1.165, 1.54) is 6.20 Å². The number of hydrogen-bond acceptors (Lipinski definition) is 7. The van der Waals surface area contributed by atoms with Crippen molar-refractivity contribution in [2.75, 3.05) is 31.1 Å². The Hall–Kier alpha value is -4.51. The van der Waals surface area contributed by atoms with Crippen LogP contribution in [0.5, 0.6) is 0 Å². The van der Waals surface area contributed by atoms with Gasteiger partial charge < -0.3 is 19.3 Å². The zero-order valence-corrected chi connectivity index (χ0v) is 21.9. The maximum atomic E-state index is 13.6. The molecule has 2 aromatic heterocycles. The molecule has 1 amide bonds. The number of aromatic nitrogens is 2. The lowest BCUT2D eigenvalue weighted by Crippen LogP contribution is -2.52. The molecule has 11 heteroatoms. The van der Waals surface area contributed by atoms with Gasteiger partial charge in [0, 0.05) is 50.8 Å². The Bertz CT molecular complexity index is 1480. The molecule has 1 saturated heterocycles. The van der Waals surface area contributed by atoms with E-state index >= 15 is 0 Å². The second-order valence-corrected chi connectivity index (χ2v) is 9.70. The summed E-state index contributed by atoms with van der Waals surface area (Å²) in [7, 11) is 0. The molecule has 4 aromatic rings. The topological polar surface area (TPSA) is 99.8 Å². The van der Waals surface area contributed by atoms with Gasteiger partial charge in [0.1, 0.15) is 11.9 Å². The zero-order valence-electron chi connectivity index (χ0n) is 21.9. The van der Waals surface area contributed by atoms with Gasteiger partial charge in [-0.3, -0.25) is 9.59 Å². The normalized spacial score (nSPS) is 14.6. The van der Waals surface area contributed by atoms with E-state index in [4.69, 9.17) is 4.42 Å². The van der Waals surface area contributed by atoms with Crippen LogP contribution in [0.2, 0.25) is 0 Å². The average molecular weight is 565 g/mol. The van der Waals surface area contributed by atoms with Crippen molar-refractivity contribution in [1.29, 1.82) is 0 Å². The van der Waals surface area contributed by atoms with Crippen LogP contribution in [-0.2, 0) is 23.8 Å². The maximum Gasteiger partial charge on any atom is 0.437 e. The van der Waals surface area contributed by atoms with Crippen molar-refractivity contribution in [1.82, 2.24) is 14.9 Å². The van der Waals surface area contributed by atoms with Crippen LogP contribution in [0.4, 0.5) is 19.0 Å². The van der Waals surface area contributed by atoms with Gasteiger partial charge in [-0.1, -0.05) is 54.6 Å². The van der Waals surface area contributed by atoms with Crippen molar-refractivity contribution in [3.8, 4) is 11.5 Å². The Morgan fingerprint density at radius 1 is 0.902 bits per heavy atom. The molecule has 0 saturated carbocycles. The summed E-state index contributed by atoms with van der Waals surface area (Å²) >= 11 is 0. The Balaban J connectivity index is 1.19. The van der Waals surface area contributed by atoms with Crippen LogP contribution < -0.4 is 4.90 Å². The number of hydrogen-bond donors (Lipinski definition) is 1. The smallest absolute Gasteiger partial charge is 0.432 e. The standard InChI is InChI=1S/C30H27F3N4O4/c31-30(32,33)27-26(41-28(35-27)22-9-5-2-6-10-22)23(38)18-21-11-12-25(34-19-21)36-13-15-37(16-14-36)29(40)24(39)17-20-7-3-1-4-8-20/h1-12,19,24,39H,13-18H2. The molecule has 1 aliphatic heterocycles. The summed E-state index contributed by atoms with van der Waals surface area (Å²) in [6.07, 6.45) is -4.64. The molecule has 3 heterocycles. The number of nitrogens with zero attached hydrogens (tertiary/aromatic N) is 4. The van der Waals surface area contributed by atoms with Gasteiger partial charge in [0.05, 0.1) is 0 Å². The summed E-state index contributed by atoms with van der Waals surface area (Å²) in [6.45, 7) is 1.79. The van der Waals surface area contributed by atoms with Gasteiger partial charge in [-0.05, 0) is 29.3 Å². The number of aliphatic hydroxyl groups is 1. The van der Waals surface area contributed by atoms with Crippen molar-refractivity contribution in [3.63, 3.8) is 0 Å². The molecule has 1 aliphatic rings. The van der Waals surface area contributed by atoms with Crippen LogP contribution in [0.1, 0.15) is 27.4 Å². The highest BCUT2D eigenvalue weighted by molar-refractivity contribution is 5.96. The minimum absolute atomic E-state index is 0.244. The fourth-order valence-corrected chi connectivity index (χ4v) is 4.67. The number of amides is 1. The van der Waals surface area contributed by atoms with Gasteiger partial charge in [-0.25, -0.2) is 9.97 Å². The van der Waals surface area contributed by atoms with Gasteiger partial charge >= 0.3 is 6.18 Å². The maximum absolute atomic E-state index is 13.6. The predicted molar refractivity (Wildman–Crippen MR) is 144 cm³/mol. The molecule has 2 aromatic carbocycles. The van der Waals surface area contributed by atoms with Crippen LogP contribution in [-0.4, -0.2) is 63.9 Å². The number of anilines is 1. The number of ketones is 1. The molecular formula is C30H27F3N4O4. The molecule has 1 fully saturated rings. The highest BCUT2D eigenvalue weighted by Crippen LogP contribution is 2.35. The number of carbonyl (C=O) groups excluding carboxylic acids is 2. The summed E-state index contributed by atoms with van der Waals surface area (Å²) < 4.78 is 46.2. The number of rotatable bonds is 8. The lowest BCUT2D eigenvalue weighted by Gasteiger charge is -2.36. The van der Waals surface area contributed by atoms with E-state index in [0.29, 0.717) is 43.1 Å². The van der Waals surface area contributed by atoms with E-state index in [2.05, 4.69) is 9.97 Å². The molecule has 1 unspecified atom stereocenters. The van der Waals surface area contributed by atoms with Crippen LogP contribution in [0, 0.1) is 0 Å². The SMILES string of the molecule is O=C(Cc1ccc(N2CCN(C(=O)C(O)Cc3ccccc3)CC2)nc1)c1oc(-c2ccccc2)nc1C(F)(F)F. The molecule has 0 radical (unpaired) electrons. The molecule has 0 spiro atoms. The van der Waals surface area contributed by atoms with Crippen LogP contribution in [0.15, 0.2) is 83.4 Å². The molecule has 5 rings (SSSR count). The van der Waals surface area contributed by atoms with Crippen molar-refractivity contribution in [2.45, 2.75) is 25.1 Å². The van der Waals surface area contributed by atoms with E-state index < -0.39 is 29.5 Å². The fourth-order valence-electron chi connectivity index (χ4n) is 4.67. The summed E-state index contributed by atoms with van der Waals surface area (Å²) in [5.74, 6) is -1.69. The van der Waals surface area contributed by atoms with Gasteiger partial charge in [0.25, 0.3) is 5.91 Å². The molecule has 41 heavy (non-hydrogen) atoms. The molecule has 1 N–H and O–H groups in total. The summed E-state index contributed by atoms with van der Waals surface area (Å²) in [5, 5.41) is 10.4. The Kier molecular flexibility index (Phi) is 8.16. The third kappa shape index (κ3) is 6.63. The van der Waals surface area contributed by atoms with Crippen LogP contribution >= 0.6 is 0 Å². The largest absolute Gasteiger partial charge is 0.437 e. The van der Waals surface area contributed by atoms with Gasteiger partial charge in [-0.15, -0.1) is 0 Å². The second kappa shape index (κ2) is 11.9. The second-order valence-electron chi connectivity index (χ2n) is 9.70. The average Bonchev–Trinajstić information content (AvgIpc) is 3.45.